The van der Waals surface area contributed by atoms with E-state index in [2.05, 4.69) is 36.4 Å². The molecule has 1 aliphatic heterocycles. The molecule has 28 heavy (non-hydrogen) atoms. The lowest BCUT2D eigenvalue weighted by Crippen LogP contribution is -2.37. The molecule has 0 radical (unpaired) electrons. The van der Waals surface area contributed by atoms with Gasteiger partial charge in [-0.2, -0.15) is 0 Å². The Morgan fingerprint density at radius 2 is 2.04 bits per heavy atom. The van der Waals surface area contributed by atoms with Gasteiger partial charge >= 0.3 is 0 Å². The molecule has 1 saturated heterocycles. The molecule has 0 saturated carbocycles. The molecular formula is C18H21N5O4S. The van der Waals surface area contributed by atoms with Gasteiger partial charge in [0.2, 0.25) is 16.8 Å². The zero-order valence-corrected chi connectivity index (χ0v) is 16.5. The fourth-order valence-corrected chi connectivity index (χ4v) is 3.08. The Labute approximate surface area is 165 Å². The second kappa shape index (κ2) is 9.45. The first kappa shape index (κ1) is 20.0. The molecular weight excluding hydrogens is 382 g/mol. The lowest BCUT2D eigenvalue weighted by atomic mass is 10.1. The normalized spacial score (nSPS) is 13.9. The van der Waals surface area contributed by atoms with Gasteiger partial charge < -0.3 is 14.4 Å². The van der Waals surface area contributed by atoms with Crippen LogP contribution in [0, 0.1) is 18.8 Å². The molecule has 1 N–H and O–H groups in total. The molecule has 3 rings (SSSR count). The summed E-state index contributed by atoms with van der Waals surface area (Å²) in [6.07, 6.45) is 3.12. The molecule has 0 spiro atoms. The number of pyridine rings is 1. The summed E-state index contributed by atoms with van der Waals surface area (Å²) in [4.78, 5) is 15.0. The molecule has 2 aromatic heterocycles. The Morgan fingerprint density at radius 3 is 2.75 bits per heavy atom. The molecule has 0 atom stereocenters. The Hall–Kier alpha value is -2.74. The lowest BCUT2D eigenvalue weighted by Gasteiger charge is -2.28. The number of rotatable bonds is 5. The van der Waals surface area contributed by atoms with Crippen LogP contribution in [0.15, 0.2) is 18.6 Å². The van der Waals surface area contributed by atoms with Crippen LogP contribution in [0.2, 0.25) is 0 Å². The highest BCUT2D eigenvalue weighted by molar-refractivity contribution is 7.70. The molecule has 3 heterocycles. The van der Waals surface area contributed by atoms with Crippen molar-refractivity contribution in [2.45, 2.75) is 13.5 Å². The third kappa shape index (κ3) is 4.95. The van der Waals surface area contributed by atoms with Gasteiger partial charge in [0, 0.05) is 37.0 Å². The van der Waals surface area contributed by atoms with Crippen LogP contribution in [0.5, 0.6) is 5.88 Å². The highest BCUT2D eigenvalue weighted by Gasteiger charge is 2.17. The topological polar surface area (TPSA) is 107 Å². The summed E-state index contributed by atoms with van der Waals surface area (Å²) in [5, 5.41) is 0. The number of nitrogens with zero attached hydrogens (tertiary/aromatic N) is 4. The number of hydrogen-bond acceptors (Lipinski definition) is 8. The van der Waals surface area contributed by atoms with Crippen LogP contribution in [0.3, 0.4) is 0 Å². The predicted molar refractivity (Wildman–Crippen MR) is 104 cm³/mol. The van der Waals surface area contributed by atoms with E-state index in [-0.39, 0.29) is 6.54 Å². The van der Waals surface area contributed by atoms with E-state index in [0.29, 0.717) is 30.2 Å². The standard InChI is InChI=1S/C18H21N5O4S/c1-13-16(17(21-12-20-13)23-5-7-27-8-6-23)4-3-14-9-15(11-22-28(24)25)18(26-2)19-10-14/h9-10,12,28H,5-8,11H2,1-2H3,(H,22,24,25). The van der Waals surface area contributed by atoms with E-state index in [1.807, 2.05) is 6.92 Å². The Balaban J connectivity index is 1.92. The minimum absolute atomic E-state index is 0.0803. The number of aryl methyl sites for hydroxylation is 1. The van der Waals surface area contributed by atoms with Crippen LogP contribution in [-0.4, -0.2) is 56.8 Å². The second-order valence-corrected chi connectivity index (χ2v) is 6.82. The summed E-state index contributed by atoms with van der Waals surface area (Å²) in [6.45, 7) is 4.77. The second-order valence-electron chi connectivity index (χ2n) is 5.99. The minimum Gasteiger partial charge on any atom is -0.481 e. The summed E-state index contributed by atoms with van der Waals surface area (Å²) >= 11 is 0. The van der Waals surface area contributed by atoms with E-state index >= 15 is 0 Å². The largest absolute Gasteiger partial charge is 0.481 e. The molecule has 2 aromatic rings. The molecule has 0 unspecified atom stereocenters. The van der Waals surface area contributed by atoms with Crippen molar-refractivity contribution < 1.29 is 17.9 Å². The van der Waals surface area contributed by atoms with Crippen LogP contribution in [0.25, 0.3) is 0 Å². The molecule has 0 aliphatic carbocycles. The van der Waals surface area contributed by atoms with E-state index in [1.54, 1.807) is 12.3 Å². The third-order valence-corrected chi connectivity index (χ3v) is 4.59. The summed E-state index contributed by atoms with van der Waals surface area (Å²) in [5.74, 6) is 7.36. The molecule has 10 heteroatoms. The zero-order chi connectivity index (χ0) is 19.9. The Bertz CT molecular complexity index is 970. The van der Waals surface area contributed by atoms with Gasteiger partial charge in [0.15, 0.2) is 0 Å². The van der Waals surface area contributed by atoms with Crippen LogP contribution in [0.1, 0.15) is 22.4 Å². The first-order valence-corrected chi connectivity index (χ1v) is 9.83. The van der Waals surface area contributed by atoms with Gasteiger partial charge in [-0.05, 0) is 13.0 Å². The molecule has 1 fully saturated rings. The van der Waals surface area contributed by atoms with E-state index in [0.717, 1.165) is 30.2 Å². The van der Waals surface area contributed by atoms with Crippen LogP contribution >= 0.6 is 0 Å². The fourth-order valence-electron chi connectivity index (χ4n) is 2.78. The highest BCUT2D eigenvalue weighted by Crippen LogP contribution is 2.20. The predicted octanol–water partition coefficient (Wildman–Crippen LogP) is 0.0410. The fraction of sp³-hybridized carbons (Fsp3) is 0.389. The Morgan fingerprint density at radius 1 is 1.25 bits per heavy atom. The summed E-state index contributed by atoms with van der Waals surface area (Å²) in [5.41, 5.74) is 2.77. The third-order valence-electron chi connectivity index (χ3n) is 4.18. The van der Waals surface area contributed by atoms with Crippen molar-refractivity contribution in [1.82, 2.24) is 19.7 Å². The SMILES string of the molecule is COc1ncc(C#Cc2c(C)ncnc2N2CCOCC2)cc1CN[SH](=O)=O. The van der Waals surface area contributed by atoms with Crippen LogP contribution < -0.4 is 14.4 Å². The number of hydrogen-bond donors (Lipinski definition) is 2. The zero-order valence-electron chi connectivity index (χ0n) is 15.6. The number of aromatic nitrogens is 3. The van der Waals surface area contributed by atoms with Crippen LogP contribution in [-0.2, 0) is 22.2 Å². The van der Waals surface area contributed by atoms with Gasteiger partial charge in [-0.1, -0.05) is 11.8 Å². The minimum atomic E-state index is -2.71. The molecule has 0 amide bonds. The number of ether oxygens (including phenoxy) is 2. The van der Waals surface area contributed by atoms with Gasteiger partial charge in [0.25, 0.3) is 0 Å². The highest BCUT2D eigenvalue weighted by atomic mass is 32.2. The van der Waals surface area contributed by atoms with Gasteiger partial charge in [-0.3, -0.25) is 0 Å². The number of morpholine rings is 1. The average molecular weight is 403 g/mol. The number of methoxy groups -OCH3 is 1. The van der Waals surface area contributed by atoms with Crippen molar-refractivity contribution >= 4 is 16.7 Å². The van der Waals surface area contributed by atoms with Crippen molar-refractivity contribution in [2.75, 3.05) is 38.3 Å². The first-order chi connectivity index (χ1) is 13.6. The maximum atomic E-state index is 10.8. The number of anilines is 1. The van der Waals surface area contributed by atoms with E-state index in [1.165, 1.54) is 13.4 Å². The molecule has 148 valence electrons. The van der Waals surface area contributed by atoms with Crippen molar-refractivity contribution in [2.24, 2.45) is 0 Å². The van der Waals surface area contributed by atoms with Gasteiger partial charge in [0.05, 0.1) is 31.6 Å². The number of thiol groups is 1. The van der Waals surface area contributed by atoms with Crippen molar-refractivity contribution in [3.8, 4) is 17.7 Å². The molecule has 1 aliphatic rings. The average Bonchev–Trinajstić information content (AvgIpc) is 2.72. The van der Waals surface area contributed by atoms with Crippen molar-refractivity contribution in [1.29, 1.82) is 0 Å². The maximum absolute atomic E-state index is 10.8. The van der Waals surface area contributed by atoms with Gasteiger partial charge in [0.1, 0.15) is 12.1 Å². The lowest BCUT2D eigenvalue weighted by molar-refractivity contribution is 0.122. The summed E-state index contributed by atoms with van der Waals surface area (Å²) < 4.78 is 34.5. The van der Waals surface area contributed by atoms with Crippen molar-refractivity contribution in [3.63, 3.8) is 0 Å². The first-order valence-electron chi connectivity index (χ1n) is 8.65. The smallest absolute Gasteiger partial charge is 0.217 e. The van der Waals surface area contributed by atoms with Crippen LogP contribution in [0.4, 0.5) is 5.82 Å². The number of nitrogens with one attached hydrogen (secondary N) is 1. The summed E-state index contributed by atoms with van der Waals surface area (Å²) in [7, 11) is -1.23. The van der Waals surface area contributed by atoms with Crippen molar-refractivity contribution in [3.05, 3.63) is 41.0 Å². The molecule has 0 aromatic carbocycles. The van der Waals surface area contributed by atoms with E-state index < -0.39 is 10.9 Å². The van der Waals surface area contributed by atoms with Gasteiger partial charge in [-0.15, -0.1) is 0 Å². The maximum Gasteiger partial charge on any atom is 0.217 e. The Kier molecular flexibility index (Phi) is 6.76. The quantitative estimate of drug-likeness (QED) is 0.533. The van der Waals surface area contributed by atoms with E-state index in [4.69, 9.17) is 9.47 Å². The monoisotopic (exact) mass is 403 g/mol. The van der Waals surface area contributed by atoms with E-state index in [9.17, 15) is 8.42 Å². The summed E-state index contributed by atoms with van der Waals surface area (Å²) in [6, 6.07) is 1.75. The molecule has 0 bridgehead atoms. The molecule has 9 nitrogen and oxygen atoms in total. The van der Waals surface area contributed by atoms with Gasteiger partial charge in [-0.25, -0.2) is 28.1 Å².